The summed E-state index contributed by atoms with van der Waals surface area (Å²) in [4.78, 5) is 31.9. The number of aryl methyl sites for hydroxylation is 1. The molecule has 152 valence electrons. The van der Waals surface area contributed by atoms with Gasteiger partial charge in [-0.3, -0.25) is 4.79 Å². The summed E-state index contributed by atoms with van der Waals surface area (Å²) in [5, 5.41) is 0.0266. The van der Waals surface area contributed by atoms with E-state index in [1.54, 1.807) is 26.8 Å². The number of ketones is 1. The number of rotatable bonds is 7. The molecule has 2 aromatic heterocycles. The molecule has 2 rings (SSSR count). The molecule has 0 spiro atoms. The Bertz CT molecular complexity index is 995. The van der Waals surface area contributed by atoms with Gasteiger partial charge < -0.3 is 9.72 Å². The highest BCUT2D eigenvalue weighted by molar-refractivity contribution is 8.00. The second kappa shape index (κ2) is 8.46. The Balaban J connectivity index is 2.21. The minimum atomic E-state index is -3.55. The molecule has 0 aromatic carbocycles. The summed E-state index contributed by atoms with van der Waals surface area (Å²) < 4.78 is 30.1. The van der Waals surface area contributed by atoms with Crippen molar-refractivity contribution in [1.29, 1.82) is 0 Å². The SMILES string of the molecule is COC(=O)c1c(C)[nH]c(C(=O)C(C)Sc2ccc(S(=O)(=O)N(C)C)cn2)c1C. The molecule has 1 atom stereocenters. The minimum Gasteiger partial charge on any atom is -0.465 e. The molecular formula is C18H23N3O5S2. The summed E-state index contributed by atoms with van der Waals surface area (Å²) in [6, 6.07) is 3.03. The van der Waals surface area contributed by atoms with E-state index in [4.69, 9.17) is 4.74 Å². The van der Waals surface area contributed by atoms with Gasteiger partial charge in [-0.2, -0.15) is 0 Å². The number of aromatic amines is 1. The number of Topliss-reactive ketones (excluding diaryl/α,β-unsaturated/α-hetero) is 1. The molecule has 8 nitrogen and oxygen atoms in total. The van der Waals surface area contributed by atoms with Crippen LogP contribution >= 0.6 is 11.8 Å². The Morgan fingerprint density at radius 1 is 1.25 bits per heavy atom. The van der Waals surface area contributed by atoms with Crippen LogP contribution in [0.4, 0.5) is 0 Å². The maximum absolute atomic E-state index is 12.8. The molecule has 0 saturated carbocycles. The molecule has 2 heterocycles. The second-order valence-corrected chi connectivity index (χ2v) is 9.87. The van der Waals surface area contributed by atoms with Crippen molar-refractivity contribution in [2.75, 3.05) is 21.2 Å². The van der Waals surface area contributed by atoms with Gasteiger partial charge in [0, 0.05) is 26.0 Å². The molecule has 2 aromatic rings. The molecular weight excluding hydrogens is 402 g/mol. The van der Waals surface area contributed by atoms with Crippen LogP contribution in [0.2, 0.25) is 0 Å². The van der Waals surface area contributed by atoms with Crippen LogP contribution in [0.3, 0.4) is 0 Å². The van der Waals surface area contributed by atoms with Gasteiger partial charge in [-0.15, -0.1) is 0 Å². The predicted molar refractivity (Wildman–Crippen MR) is 106 cm³/mol. The van der Waals surface area contributed by atoms with Crippen molar-refractivity contribution in [3.05, 3.63) is 40.8 Å². The highest BCUT2D eigenvalue weighted by Gasteiger charge is 2.26. The maximum atomic E-state index is 12.8. The van der Waals surface area contributed by atoms with Crippen molar-refractivity contribution in [1.82, 2.24) is 14.3 Å². The van der Waals surface area contributed by atoms with E-state index in [2.05, 4.69) is 9.97 Å². The number of aromatic nitrogens is 2. The first kappa shape index (κ1) is 22.1. The first-order valence-electron chi connectivity index (χ1n) is 8.37. The number of nitrogens with one attached hydrogen (secondary N) is 1. The fourth-order valence-electron chi connectivity index (χ4n) is 2.64. The van der Waals surface area contributed by atoms with Gasteiger partial charge in [0.1, 0.15) is 4.90 Å². The largest absolute Gasteiger partial charge is 0.465 e. The Labute approximate surface area is 168 Å². The second-order valence-electron chi connectivity index (χ2n) is 6.36. The van der Waals surface area contributed by atoms with E-state index < -0.39 is 21.2 Å². The lowest BCUT2D eigenvalue weighted by Crippen LogP contribution is -2.22. The van der Waals surface area contributed by atoms with Crippen molar-refractivity contribution in [3.8, 4) is 0 Å². The van der Waals surface area contributed by atoms with E-state index in [0.717, 1.165) is 4.31 Å². The summed E-state index contributed by atoms with van der Waals surface area (Å²) in [5.41, 5.74) is 1.83. The standard InChI is InChI=1S/C18H23N3O5S2/c1-10-15(18(23)26-6)11(2)20-16(10)17(22)12(3)27-14-8-7-13(9-19-14)28(24,25)21(4)5/h7-9,12,20H,1-6H3. The lowest BCUT2D eigenvalue weighted by Gasteiger charge is -2.12. The average molecular weight is 426 g/mol. The third-order valence-corrected chi connectivity index (χ3v) is 7.08. The average Bonchev–Trinajstić information content (AvgIpc) is 2.95. The molecule has 0 saturated heterocycles. The summed E-state index contributed by atoms with van der Waals surface area (Å²) >= 11 is 1.21. The predicted octanol–water partition coefficient (Wildman–Crippen LogP) is 2.43. The van der Waals surface area contributed by atoms with Crippen molar-refractivity contribution >= 4 is 33.5 Å². The first-order chi connectivity index (χ1) is 13.0. The van der Waals surface area contributed by atoms with E-state index in [9.17, 15) is 18.0 Å². The van der Waals surface area contributed by atoms with E-state index in [1.165, 1.54) is 45.2 Å². The lowest BCUT2D eigenvalue weighted by atomic mass is 10.1. The topological polar surface area (TPSA) is 109 Å². The van der Waals surface area contributed by atoms with Gasteiger partial charge in [-0.1, -0.05) is 11.8 Å². The van der Waals surface area contributed by atoms with Crippen LogP contribution in [-0.4, -0.2) is 60.9 Å². The molecule has 0 aliphatic rings. The van der Waals surface area contributed by atoms with Gasteiger partial charge >= 0.3 is 5.97 Å². The molecule has 28 heavy (non-hydrogen) atoms. The smallest absolute Gasteiger partial charge is 0.339 e. The summed E-state index contributed by atoms with van der Waals surface area (Å²) in [6.07, 6.45) is 1.27. The first-order valence-corrected chi connectivity index (χ1v) is 10.7. The fraction of sp³-hybridized carbons (Fsp3) is 0.389. The highest BCUT2D eigenvalue weighted by atomic mass is 32.2. The Hall–Kier alpha value is -2.17. The number of pyridine rings is 1. The van der Waals surface area contributed by atoms with E-state index >= 15 is 0 Å². The van der Waals surface area contributed by atoms with Gasteiger partial charge in [0.15, 0.2) is 5.78 Å². The molecule has 0 amide bonds. The number of nitrogens with zero attached hydrogens (tertiary/aromatic N) is 2. The van der Waals surface area contributed by atoms with Crippen LogP contribution in [-0.2, 0) is 14.8 Å². The van der Waals surface area contributed by atoms with E-state index in [-0.39, 0.29) is 10.7 Å². The number of hydrogen-bond acceptors (Lipinski definition) is 7. The number of esters is 1. The van der Waals surface area contributed by atoms with Gasteiger partial charge in [0.05, 0.1) is 28.6 Å². The molecule has 1 N–H and O–H groups in total. The maximum Gasteiger partial charge on any atom is 0.339 e. The zero-order chi connectivity index (χ0) is 21.2. The molecule has 1 unspecified atom stereocenters. The zero-order valence-corrected chi connectivity index (χ0v) is 18.2. The summed E-state index contributed by atoms with van der Waals surface area (Å²) in [5.74, 6) is -0.683. The fourth-order valence-corrected chi connectivity index (χ4v) is 4.34. The van der Waals surface area contributed by atoms with Gasteiger partial charge in [0.2, 0.25) is 10.0 Å². The number of thioether (sulfide) groups is 1. The quantitative estimate of drug-likeness (QED) is 0.412. The molecule has 0 radical (unpaired) electrons. The number of carbonyl (C=O) groups is 2. The van der Waals surface area contributed by atoms with Crippen LogP contribution in [0.5, 0.6) is 0 Å². The lowest BCUT2D eigenvalue weighted by molar-refractivity contribution is 0.0599. The Morgan fingerprint density at radius 2 is 1.89 bits per heavy atom. The number of sulfonamides is 1. The molecule has 0 fully saturated rings. The monoisotopic (exact) mass is 425 g/mol. The normalized spacial score (nSPS) is 12.8. The number of ether oxygens (including phenoxy) is 1. The summed E-state index contributed by atoms with van der Waals surface area (Å²) in [7, 11) is 0.631. The zero-order valence-electron chi connectivity index (χ0n) is 16.6. The van der Waals surface area contributed by atoms with Crippen LogP contribution in [0, 0.1) is 13.8 Å². The minimum absolute atomic E-state index is 0.0828. The Morgan fingerprint density at radius 3 is 2.39 bits per heavy atom. The molecule has 10 heteroatoms. The number of methoxy groups -OCH3 is 1. The summed E-state index contributed by atoms with van der Waals surface area (Å²) in [6.45, 7) is 5.13. The third kappa shape index (κ3) is 4.29. The van der Waals surface area contributed by atoms with Crippen molar-refractivity contribution < 1.29 is 22.7 Å². The van der Waals surface area contributed by atoms with Crippen LogP contribution in [0.25, 0.3) is 0 Å². The molecule has 0 aliphatic heterocycles. The number of hydrogen-bond donors (Lipinski definition) is 1. The van der Waals surface area contributed by atoms with Crippen molar-refractivity contribution in [2.45, 2.75) is 35.9 Å². The van der Waals surface area contributed by atoms with Gasteiger partial charge in [-0.05, 0) is 38.5 Å². The van der Waals surface area contributed by atoms with Crippen LogP contribution in [0.15, 0.2) is 28.3 Å². The molecule has 0 bridgehead atoms. The van der Waals surface area contributed by atoms with Crippen LogP contribution in [0.1, 0.15) is 39.0 Å². The number of carbonyl (C=O) groups excluding carboxylic acids is 2. The van der Waals surface area contributed by atoms with Crippen molar-refractivity contribution in [2.24, 2.45) is 0 Å². The van der Waals surface area contributed by atoms with Crippen molar-refractivity contribution in [3.63, 3.8) is 0 Å². The Kier molecular flexibility index (Phi) is 6.68. The third-order valence-electron chi connectivity index (χ3n) is 4.23. The molecule has 0 aliphatic carbocycles. The van der Waals surface area contributed by atoms with Gasteiger partial charge in [0.25, 0.3) is 0 Å². The van der Waals surface area contributed by atoms with Gasteiger partial charge in [-0.25, -0.2) is 22.5 Å². The van der Waals surface area contributed by atoms with E-state index in [0.29, 0.717) is 27.5 Å². The number of H-pyrrole nitrogens is 1. The van der Waals surface area contributed by atoms with Crippen LogP contribution < -0.4 is 0 Å². The van der Waals surface area contributed by atoms with E-state index in [1.807, 2.05) is 0 Å². The highest BCUT2D eigenvalue weighted by Crippen LogP contribution is 2.27.